The summed E-state index contributed by atoms with van der Waals surface area (Å²) in [6, 6.07) is 5.27. The van der Waals surface area contributed by atoms with Gasteiger partial charge in [-0.15, -0.1) is 0 Å². The summed E-state index contributed by atoms with van der Waals surface area (Å²) in [6.45, 7) is 4.12. The maximum absolute atomic E-state index is 11.7. The van der Waals surface area contributed by atoms with Gasteiger partial charge in [-0.25, -0.2) is 0 Å². The largest absolute Gasteiger partial charge is 0.493 e. The number of hydrogen-bond acceptors (Lipinski definition) is 5. The number of nitrogens with two attached hydrogens (primary N) is 1. The molecule has 3 N–H and O–H groups in total. The number of carbonyl (C=O) groups is 1. The van der Waals surface area contributed by atoms with Gasteiger partial charge in [0.1, 0.15) is 0 Å². The van der Waals surface area contributed by atoms with Gasteiger partial charge in [-0.3, -0.25) is 4.79 Å². The van der Waals surface area contributed by atoms with E-state index in [9.17, 15) is 4.79 Å². The lowest BCUT2D eigenvalue weighted by molar-refractivity contribution is -0.124. The van der Waals surface area contributed by atoms with Crippen molar-refractivity contribution < 1.29 is 19.0 Å². The number of carbonyl (C=O) groups excluding carboxylic acids is 1. The Morgan fingerprint density at radius 1 is 1.29 bits per heavy atom. The van der Waals surface area contributed by atoms with Crippen molar-refractivity contribution in [3.05, 3.63) is 23.8 Å². The van der Waals surface area contributed by atoms with Crippen LogP contribution in [0.3, 0.4) is 0 Å². The quantitative estimate of drug-likeness (QED) is 0.754. The molecule has 0 saturated heterocycles. The molecule has 1 aromatic rings. The van der Waals surface area contributed by atoms with Gasteiger partial charge in [0.2, 0.25) is 0 Å². The number of methoxy groups -OCH3 is 2. The van der Waals surface area contributed by atoms with Gasteiger partial charge in [-0.2, -0.15) is 0 Å². The van der Waals surface area contributed by atoms with Crippen molar-refractivity contribution in [2.24, 2.45) is 5.73 Å². The Hall–Kier alpha value is -1.79. The molecule has 1 rings (SSSR count). The monoisotopic (exact) mass is 296 g/mol. The number of ether oxygens (including phenoxy) is 3. The Bertz CT molecular complexity index is 463. The number of benzene rings is 1. The summed E-state index contributed by atoms with van der Waals surface area (Å²) in [7, 11) is 3.14. The van der Waals surface area contributed by atoms with Gasteiger partial charge < -0.3 is 25.3 Å². The summed E-state index contributed by atoms with van der Waals surface area (Å²) in [5.74, 6) is 0.858. The number of rotatable bonds is 8. The van der Waals surface area contributed by atoms with Crippen molar-refractivity contribution in [2.45, 2.75) is 25.9 Å². The molecule has 6 heteroatoms. The van der Waals surface area contributed by atoms with Crippen molar-refractivity contribution in [3.63, 3.8) is 0 Å². The average molecular weight is 296 g/mol. The zero-order valence-corrected chi connectivity index (χ0v) is 13.0. The molecule has 0 radical (unpaired) electrons. The van der Waals surface area contributed by atoms with Crippen LogP contribution in [0.25, 0.3) is 0 Å². The molecule has 1 aromatic carbocycles. The van der Waals surface area contributed by atoms with Gasteiger partial charge in [0, 0.05) is 19.2 Å². The molecule has 0 aromatic heterocycles. The molecule has 118 valence electrons. The molecule has 0 aliphatic rings. The van der Waals surface area contributed by atoms with E-state index in [2.05, 4.69) is 5.32 Å². The summed E-state index contributed by atoms with van der Waals surface area (Å²) in [6.07, 6.45) is 0. The summed E-state index contributed by atoms with van der Waals surface area (Å²) in [4.78, 5) is 11.7. The van der Waals surface area contributed by atoms with Crippen LogP contribution in [0.15, 0.2) is 18.2 Å². The maximum Gasteiger partial charge on any atom is 0.258 e. The zero-order chi connectivity index (χ0) is 15.8. The van der Waals surface area contributed by atoms with Crippen molar-refractivity contribution in [1.29, 1.82) is 0 Å². The van der Waals surface area contributed by atoms with Gasteiger partial charge in [0.05, 0.1) is 13.7 Å². The fraction of sp³-hybridized carbons (Fsp3) is 0.533. The van der Waals surface area contributed by atoms with Crippen LogP contribution in [-0.4, -0.2) is 39.4 Å². The molecule has 2 atom stereocenters. The molecule has 0 saturated carbocycles. The normalized spacial score (nSPS) is 13.4. The molecular formula is C15H24N2O4. The fourth-order valence-corrected chi connectivity index (χ4v) is 1.84. The van der Waals surface area contributed by atoms with Crippen molar-refractivity contribution in [2.75, 3.05) is 27.4 Å². The number of amides is 1. The third-order valence-electron chi connectivity index (χ3n) is 2.90. The lowest BCUT2D eigenvalue weighted by Crippen LogP contribution is -2.38. The van der Waals surface area contributed by atoms with Gasteiger partial charge in [-0.05, 0) is 31.5 Å². The second-order valence-electron chi connectivity index (χ2n) is 4.91. The first kappa shape index (κ1) is 17.3. The fourth-order valence-electron chi connectivity index (χ4n) is 1.84. The molecule has 0 spiro atoms. The van der Waals surface area contributed by atoms with Gasteiger partial charge >= 0.3 is 0 Å². The highest BCUT2D eigenvalue weighted by Crippen LogP contribution is 2.29. The Morgan fingerprint density at radius 3 is 2.57 bits per heavy atom. The molecule has 0 bridgehead atoms. The minimum absolute atomic E-state index is 0.0616. The van der Waals surface area contributed by atoms with Gasteiger partial charge in [0.15, 0.2) is 18.1 Å². The Labute approximate surface area is 125 Å². The molecule has 1 amide bonds. The average Bonchev–Trinajstić information content (AvgIpc) is 2.44. The van der Waals surface area contributed by atoms with E-state index >= 15 is 0 Å². The van der Waals surface area contributed by atoms with E-state index in [1.54, 1.807) is 20.3 Å². The third-order valence-corrected chi connectivity index (χ3v) is 2.90. The second kappa shape index (κ2) is 8.49. The summed E-state index contributed by atoms with van der Waals surface area (Å²) in [5, 5.41) is 2.77. The Balaban J connectivity index is 2.60. The standard InChI is InChI=1S/C15H24N2O4/c1-10(8-19-3)17-15(18)9-21-13-6-5-12(11(2)16)7-14(13)20-4/h5-7,10-11H,8-9,16H2,1-4H3,(H,17,18)/t10?,11-/m1/s1. The predicted octanol–water partition coefficient (Wildman–Crippen LogP) is 1.24. The van der Waals surface area contributed by atoms with E-state index in [1.807, 2.05) is 26.0 Å². The van der Waals surface area contributed by atoms with Crippen molar-refractivity contribution in [1.82, 2.24) is 5.32 Å². The van der Waals surface area contributed by atoms with Crippen LogP contribution in [0.5, 0.6) is 11.5 Å². The molecule has 0 aliphatic carbocycles. The van der Waals surface area contributed by atoms with Crippen LogP contribution in [0, 0.1) is 0 Å². The van der Waals surface area contributed by atoms with Crippen molar-refractivity contribution in [3.8, 4) is 11.5 Å². The first-order valence-corrected chi connectivity index (χ1v) is 6.82. The Kier molecular flexibility index (Phi) is 6.98. The number of nitrogens with one attached hydrogen (secondary N) is 1. The smallest absolute Gasteiger partial charge is 0.258 e. The molecule has 6 nitrogen and oxygen atoms in total. The summed E-state index contributed by atoms with van der Waals surface area (Å²) >= 11 is 0. The van der Waals surface area contributed by atoms with E-state index in [4.69, 9.17) is 19.9 Å². The Morgan fingerprint density at radius 2 is 2.00 bits per heavy atom. The van der Waals surface area contributed by atoms with Crippen molar-refractivity contribution >= 4 is 5.91 Å². The van der Waals surface area contributed by atoms with Gasteiger partial charge in [-0.1, -0.05) is 6.07 Å². The molecule has 0 aliphatic heterocycles. The first-order valence-electron chi connectivity index (χ1n) is 6.82. The van der Waals surface area contributed by atoms with E-state index in [1.165, 1.54) is 0 Å². The predicted molar refractivity (Wildman–Crippen MR) is 80.6 cm³/mol. The van der Waals surface area contributed by atoms with Crippen LogP contribution in [0.4, 0.5) is 0 Å². The lowest BCUT2D eigenvalue weighted by Gasteiger charge is -2.15. The third kappa shape index (κ3) is 5.61. The van der Waals surface area contributed by atoms with Gasteiger partial charge in [0.25, 0.3) is 5.91 Å². The second-order valence-corrected chi connectivity index (χ2v) is 4.91. The molecular weight excluding hydrogens is 272 g/mol. The SMILES string of the molecule is COCC(C)NC(=O)COc1ccc([C@@H](C)N)cc1OC. The van der Waals surface area contributed by atoms with Crippen LogP contribution < -0.4 is 20.5 Å². The topological polar surface area (TPSA) is 82.8 Å². The maximum atomic E-state index is 11.7. The van der Waals surface area contributed by atoms with E-state index < -0.39 is 0 Å². The minimum atomic E-state index is -0.210. The summed E-state index contributed by atoms with van der Waals surface area (Å²) < 4.78 is 15.7. The zero-order valence-electron chi connectivity index (χ0n) is 13.0. The molecule has 1 unspecified atom stereocenters. The van der Waals surface area contributed by atoms with E-state index in [0.717, 1.165) is 5.56 Å². The highest BCUT2D eigenvalue weighted by atomic mass is 16.5. The van der Waals surface area contributed by atoms with Crippen LogP contribution in [-0.2, 0) is 9.53 Å². The highest BCUT2D eigenvalue weighted by Gasteiger charge is 2.11. The number of hydrogen-bond donors (Lipinski definition) is 2. The molecule has 0 heterocycles. The van der Waals surface area contributed by atoms with Crippen LogP contribution >= 0.6 is 0 Å². The summed E-state index contributed by atoms with van der Waals surface area (Å²) in [5.41, 5.74) is 6.76. The molecule has 0 fully saturated rings. The minimum Gasteiger partial charge on any atom is -0.493 e. The van der Waals surface area contributed by atoms with E-state index in [0.29, 0.717) is 18.1 Å². The van der Waals surface area contributed by atoms with Crippen LogP contribution in [0.2, 0.25) is 0 Å². The lowest BCUT2D eigenvalue weighted by atomic mass is 10.1. The molecule has 21 heavy (non-hydrogen) atoms. The first-order chi connectivity index (χ1) is 9.97. The van der Waals surface area contributed by atoms with E-state index in [-0.39, 0.29) is 24.6 Å². The van der Waals surface area contributed by atoms with Crippen LogP contribution in [0.1, 0.15) is 25.5 Å². The highest BCUT2D eigenvalue weighted by molar-refractivity contribution is 5.77.